The quantitative estimate of drug-likeness (QED) is 0.498. The van der Waals surface area contributed by atoms with Crippen LogP contribution in [0.1, 0.15) is 0 Å². The zero-order chi connectivity index (χ0) is 8.55. The molecule has 1 aliphatic rings. The van der Waals surface area contributed by atoms with Crippen molar-refractivity contribution in [3.8, 4) is 0 Å². The molecule has 1 aromatic heterocycles. The normalized spacial score (nSPS) is 16.0. The van der Waals surface area contributed by atoms with Crippen molar-refractivity contribution in [3.63, 3.8) is 0 Å². The Morgan fingerprint density at radius 2 is 2.33 bits per heavy atom. The number of nitrogens with one attached hydrogen (secondary N) is 1. The van der Waals surface area contributed by atoms with Gasteiger partial charge in [0.25, 0.3) is 0 Å². The number of nitrogens with two attached hydrogens (primary N) is 2. The highest BCUT2D eigenvalue weighted by atomic mass is 32.2. The molecular formula is C4H6N6OS. The second kappa shape index (κ2) is 2.48. The third kappa shape index (κ3) is 1.01. The molecule has 8 heteroatoms. The SMILES string of the molecule is NC1=CNN(c2nonc2N)S1. The highest BCUT2D eigenvalue weighted by Crippen LogP contribution is 2.28. The van der Waals surface area contributed by atoms with Crippen LogP contribution in [0.3, 0.4) is 0 Å². The topological polar surface area (TPSA) is 106 Å². The van der Waals surface area contributed by atoms with Gasteiger partial charge in [0.1, 0.15) is 5.03 Å². The first kappa shape index (κ1) is 7.10. The standard InChI is InChI=1S/C4H6N6OS/c5-2-1-7-10(12-2)4-3(6)8-11-9-4/h1,7H,5H2,(H2,6,8). The molecule has 0 spiro atoms. The second-order valence-corrected chi connectivity index (χ2v) is 3.05. The van der Waals surface area contributed by atoms with Crippen LogP contribution in [0, 0.1) is 0 Å². The monoisotopic (exact) mass is 186 g/mol. The number of hydrogen-bond donors (Lipinski definition) is 3. The van der Waals surface area contributed by atoms with Crippen LogP contribution >= 0.6 is 11.9 Å². The highest BCUT2D eigenvalue weighted by Gasteiger charge is 2.20. The molecule has 1 aromatic rings. The van der Waals surface area contributed by atoms with E-state index in [0.29, 0.717) is 10.8 Å². The fourth-order valence-electron chi connectivity index (χ4n) is 0.717. The summed E-state index contributed by atoms with van der Waals surface area (Å²) < 4.78 is 5.97. The fraction of sp³-hybridized carbons (Fsp3) is 0. The predicted molar refractivity (Wildman–Crippen MR) is 44.2 cm³/mol. The first-order chi connectivity index (χ1) is 5.77. The van der Waals surface area contributed by atoms with Crippen LogP contribution in [0.2, 0.25) is 0 Å². The van der Waals surface area contributed by atoms with Crippen molar-refractivity contribution in [1.82, 2.24) is 15.7 Å². The molecule has 0 aliphatic carbocycles. The van der Waals surface area contributed by atoms with Gasteiger partial charge in [-0.2, -0.15) is 4.41 Å². The van der Waals surface area contributed by atoms with Crippen molar-refractivity contribution < 1.29 is 4.63 Å². The maximum Gasteiger partial charge on any atom is 0.247 e. The number of hydrazine groups is 1. The Kier molecular flexibility index (Phi) is 1.47. The van der Waals surface area contributed by atoms with Crippen LogP contribution in [-0.4, -0.2) is 10.3 Å². The van der Waals surface area contributed by atoms with Crippen molar-refractivity contribution in [2.24, 2.45) is 5.73 Å². The van der Waals surface area contributed by atoms with Crippen LogP contribution in [0.4, 0.5) is 11.6 Å². The molecule has 7 nitrogen and oxygen atoms in total. The lowest BCUT2D eigenvalue weighted by Crippen LogP contribution is -2.23. The van der Waals surface area contributed by atoms with E-state index in [1.165, 1.54) is 11.9 Å². The summed E-state index contributed by atoms with van der Waals surface area (Å²) in [5.74, 6) is 0.634. The summed E-state index contributed by atoms with van der Waals surface area (Å²) in [5, 5.41) is 7.62. The van der Waals surface area contributed by atoms with E-state index in [9.17, 15) is 0 Å². The lowest BCUT2D eigenvalue weighted by molar-refractivity contribution is 0.310. The van der Waals surface area contributed by atoms with Crippen LogP contribution in [0.25, 0.3) is 0 Å². The molecule has 0 saturated carbocycles. The Labute approximate surface area is 71.8 Å². The summed E-state index contributed by atoms with van der Waals surface area (Å²) >= 11 is 1.26. The summed E-state index contributed by atoms with van der Waals surface area (Å²) in [4.78, 5) is 0. The molecule has 0 amide bonds. The second-order valence-electron chi connectivity index (χ2n) is 2.03. The Morgan fingerprint density at radius 3 is 2.83 bits per heavy atom. The van der Waals surface area contributed by atoms with Crippen LogP contribution in [-0.2, 0) is 0 Å². The third-order valence-corrected chi connectivity index (χ3v) is 2.00. The van der Waals surface area contributed by atoms with E-state index in [2.05, 4.69) is 20.4 Å². The van der Waals surface area contributed by atoms with E-state index < -0.39 is 0 Å². The van der Waals surface area contributed by atoms with Gasteiger partial charge >= 0.3 is 0 Å². The van der Waals surface area contributed by atoms with Gasteiger partial charge in [-0.3, -0.25) is 5.43 Å². The number of hydrogen-bond acceptors (Lipinski definition) is 8. The largest absolute Gasteiger partial charge is 0.391 e. The molecule has 0 fully saturated rings. The highest BCUT2D eigenvalue weighted by molar-refractivity contribution is 8.04. The Balaban J connectivity index is 2.18. The molecule has 12 heavy (non-hydrogen) atoms. The average molecular weight is 186 g/mol. The van der Waals surface area contributed by atoms with Gasteiger partial charge in [-0.05, 0) is 10.3 Å². The summed E-state index contributed by atoms with van der Waals surface area (Å²) in [6, 6.07) is 0. The van der Waals surface area contributed by atoms with E-state index in [1.54, 1.807) is 10.6 Å². The predicted octanol–water partition coefficient (Wildman–Crippen LogP) is -0.618. The lowest BCUT2D eigenvalue weighted by Gasteiger charge is -2.11. The molecule has 2 heterocycles. The number of aromatic nitrogens is 2. The Hall–Kier alpha value is -1.57. The van der Waals surface area contributed by atoms with Gasteiger partial charge in [-0.15, -0.1) is 0 Å². The van der Waals surface area contributed by atoms with Gasteiger partial charge in [0.15, 0.2) is 0 Å². The molecule has 1 aliphatic heterocycles. The van der Waals surface area contributed by atoms with Crippen molar-refractivity contribution in [2.75, 3.05) is 10.1 Å². The minimum atomic E-state index is 0.220. The molecule has 0 atom stereocenters. The van der Waals surface area contributed by atoms with Gasteiger partial charge < -0.3 is 11.5 Å². The number of anilines is 2. The molecular weight excluding hydrogens is 180 g/mol. The van der Waals surface area contributed by atoms with E-state index in [4.69, 9.17) is 11.5 Å². The maximum atomic E-state index is 5.48. The van der Waals surface area contributed by atoms with Gasteiger partial charge in [0.05, 0.1) is 6.20 Å². The minimum Gasteiger partial charge on any atom is -0.391 e. The summed E-state index contributed by atoms with van der Waals surface area (Å²) in [5.41, 5.74) is 13.7. The smallest absolute Gasteiger partial charge is 0.247 e. The van der Waals surface area contributed by atoms with Crippen molar-refractivity contribution >= 4 is 23.6 Å². The van der Waals surface area contributed by atoms with E-state index in [1.807, 2.05) is 0 Å². The maximum absolute atomic E-state index is 5.48. The third-order valence-electron chi connectivity index (χ3n) is 1.21. The molecule has 2 rings (SSSR count). The Morgan fingerprint density at radius 1 is 1.50 bits per heavy atom. The molecule has 0 bridgehead atoms. The zero-order valence-corrected chi connectivity index (χ0v) is 6.71. The van der Waals surface area contributed by atoms with Crippen LogP contribution in [0.15, 0.2) is 15.9 Å². The number of rotatable bonds is 1. The average Bonchev–Trinajstić information content (AvgIpc) is 2.58. The molecule has 5 N–H and O–H groups in total. The van der Waals surface area contributed by atoms with Crippen molar-refractivity contribution in [1.29, 1.82) is 0 Å². The van der Waals surface area contributed by atoms with Crippen LogP contribution < -0.4 is 21.3 Å². The summed E-state index contributed by atoms with van der Waals surface area (Å²) in [6.07, 6.45) is 1.62. The fourth-order valence-corrected chi connectivity index (χ4v) is 1.35. The van der Waals surface area contributed by atoms with Gasteiger partial charge in [-0.1, -0.05) is 0 Å². The first-order valence-electron chi connectivity index (χ1n) is 3.05. The first-order valence-corrected chi connectivity index (χ1v) is 3.82. The van der Waals surface area contributed by atoms with E-state index >= 15 is 0 Å². The van der Waals surface area contributed by atoms with E-state index in [-0.39, 0.29) is 5.82 Å². The molecule has 64 valence electrons. The summed E-state index contributed by atoms with van der Waals surface area (Å²) in [6.45, 7) is 0. The zero-order valence-electron chi connectivity index (χ0n) is 5.89. The molecule has 0 unspecified atom stereocenters. The van der Waals surface area contributed by atoms with Crippen molar-refractivity contribution in [3.05, 3.63) is 11.2 Å². The molecule has 0 saturated heterocycles. The minimum absolute atomic E-state index is 0.220. The Bertz CT molecular complexity index is 321. The number of nitrogens with zero attached hydrogens (tertiary/aromatic N) is 3. The van der Waals surface area contributed by atoms with Gasteiger partial charge in [-0.25, -0.2) is 4.63 Å². The van der Waals surface area contributed by atoms with Gasteiger partial charge in [0.2, 0.25) is 11.6 Å². The summed E-state index contributed by atoms with van der Waals surface area (Å²) in [7, 11) is 0. The molecule has 0 aromatic carbocycles. The van der Waals surface area contributed by atoms with Crippen LogP contribution in [0.5, 0.6) is 0 Å². The number of nitrogen functional groups attached to an aromatic ring is 1. The van der Waals surface area contributed by atoms with Crippen molar-refractivity contribution in [2.45, 2.75) is 0 Å². The van der Waals surface area contributed by atoms with E-state index in [0.717, 1.165) is 0 Å². The molecule has 0 radical (unpaired) electrons. The lowest BCUT2D eigenvalue weighted by atomic mass is 10.7. The van der Waals surface area contributed by atoms with Gasteiger partial charge in [0, 0.05) is 11.9 Å².